The number of aliphatic imine (C=N–C) groups is 1. The zero-order chi connectivity index (χ0) is 20.9. The molecule has 158 valence electrons. The first-order valence-corrected chi connectivity index (χ1v) is 10.6. The molecule has 3 heterocycles. The van der Waals surface area contributed by atoms with Crippen molar-refractivity contribution in [3.8, 4) is 0 Å². The number of amides is 1. The molecule has 2 aromatic heterocycles. The molecule has 1 aliphatic heterocycles. The summed E-state index contributed by atoms with van der Waals surface area (Å²) in [5.41, 5.74) is 3.77. The van der Waals surface area contributed by atoms with Gasteiger partial charge in [-0.2, -0.15) is 0 Å². The molecule has 0 saturated carbocycles. The topological polar surface area (TPSA) is 76.9 Å². The molecule has 0 atom stereocenters. The average Bonchev–Trinajstić information content (AvgIpc) is 3.44. The lowest BCUT2D eigenvalue weighted by Crippen LogP contribution is -2.53. The summed E-state index contributed by atoms with van der Waals surface area (Å²) in [5.74, 6) is 1.27. The molecule has 0 aliphatic carbocycles. The maximum Gasteiger partial charge on any atom is 0.289 e. The Morgan fingerprint density at radius 2 is 1.97 bits per heavy atom. The van der Waals surface area contributed by atoms with E-state index in [9.17, 15) is 4.79 Å². The third kappa shape index (κ3) is 4.20. The Morgan fingerprint density at radius 3 is 2.70 bits per heavy atom. The van der Waals surface area contributed by atoms with Crippen molar-refractivity contribution in [2.24, 2.45) is 4.99 Å². The van der Waals surface area contributed by atoms with Crippen molar-refractivity contribution < 1.29 is 9.21 Å². The van der Waals surface area contributed by atoms with E-state index in [0.29, 0.717) is 18.8 Å². The summed E-state index contributed by atoms with van der Waals surface area (Å²) in [6, 6.07) is 9.80. The van der Waals surface area contributed by atoms with Gasteiger partial charge in [0.05, 0.1) is 6.26 Å². The minimum absolute atomic E-state index is 0.0451. The van der Waals surface area contributed by atoms with Crippen molar-refractivity contribution in [2.75, 3.05) is 39.3 Å². The number of carbonyl (C=O) groups is 1. The maximum atomic E-state index is 12.5. The van der Waals surface area contributed by atoms with Crippen molar-refractivity contribution in [1.29, 1.82) is 0 Å². The lowest BCUT2D eigenvalue weighted by Gasteiger charge is -2.36. The number of nitrogens with zero attached hydrogens (tertiary/aromatic N) is 3. The molecule has 0 bridgehead atoms. The molecule has 2 N–H and O–H groups in total. The molecular formula is C23H29N5O2. The second kappa shape index (κ2) is 9.07. The number of carbonyl (C=O) groups excluding carboxylic acids is 1. The van der Waals surface area contributed by atoms with Crippen LogP contribution in [0.5, 0.6) is 0 Å². The Morgan fingerprint density at radius 1 is 1.17 bits per heavy atom. The number of benzene rings is 1. The highest BCUT2D eigenvalue weighted by molar-refractivity contribution is 5.91. The summed E-state index contributed by atoms with van der Waals surface area (Å²) >= 11 is 0. The number of H-pyrrole nitrogens is 1. The van der Waals surface area contributed by atoms with Gasteiger partial charge < -0.3 is 24.5 Å². The molecule has 1 saturated heterocycles. The van der Waals surface area contributed by atoms with Crippen LogP contribution in [0.15, 0.2) is 52.2 Å². The van der Waals surface area contributed by atoms with Crippen molar-refractivity contribution in [3.63, 3.8) is 0 Å². The molecule has 7 heteroatoms. The Hall–Kier alpha value is -3.22. The Kier molecular flexibility index (Phi) is 6.07. The lowest BCUT2D eigenvalue weighted by atomic mass is 10.1. The second-order valence-corrected chi connectivity index (χ2v) is 7.55. The SMILES string of the molecule is CCNC(=NCCc1c[nH]c2cccc(C)c12)N1CCN(C(=O)c2ccco2)CC1. The number of aromatic amines is 1. The molecular weight excluding hydrogens is 378 g/mol. The van der Waals surface area contributed by atoms with E-state index in [4.69, 9.17) is 9.41 Å². The van der Waals surface area contributed by atoms with E-state index in [2.05, 4.69) is 53.4 Å². The highest BCUT2D eigenvalue weighted by Crippen LogP contribution is 2.22. The molecule has 7 nitrogen and oxygen atoms in total. The van der Waals surface area contributed by atoms with Crippen molar-refractivity contribution in [2.45, 2.75) is 20.3 Å². The first kappa shape index (κ1) is 20.1. The van der Waals surface area contributed by atoms with Crippen LogP contribution in [0.4, 0.5) is 0 Å². The highest BCUT2D eigenvalue weighted by Gasteiger charge is 2.25. The number of aryl methyl sites for hydroxylation is 1. The van der Waals surface area contributed by atoms with E-state index < -0.39 is 0 Å². The number of fused-ring (bicyclic) bond motifs is 1. The van der Waals surface area contributed by atoms with Crippen LogP contribution in [0.2, 0.25) is 0 Å². The van der Waals surface area contributed by atoms with Gasteiger partial charge in [0, 0.05) is 56.4 Å². The van der Waals surface area contributed by atoms with Crippen LogP contribution in [0.25, 0.3) is 10.9 Å². The van der Waals surface area contributed by atoms with Gasteiger partial charge in [0.2, 0.25) is 0 Å². The summed E-state index contributed by atoms with van der Waals surface area (Å²) < 4.78 is 5.25. The van der Waals surface area contributed by atoms with Gasteiger partial charge in [0.15, 0.2) is 11.7 Å². The number of rotatable bonds is 5. The summed E-state index contributed by atoms with van der Waals surface area (Å²) in [6.07, 6.45) is 4.52. The zero-order valence-electron chi connectivity index (χ0n) is 17.6. The third-order valence-electron chi connectivity index (χ3n) is 5.57. The largest absolute Gasteiger partial charge is 0.459 e. The number of hydrogen-bond donors (Lipinski definition) is 2. The van der Waals surface area contributed by atoms with E-state index in [1.54, 1.807) is 12.1 Å². The van der Waals surface area contributed by atoms with Gasteiger partial charge in [-0.15, -0.1) is 0 Å². The van der Waals surface area contributed by atoms with Crippen LogP contribution >= 0.6 is 0 Å². The standard InChI is InChI=1S/C23H29N5O2/c1-3-24-23(25-10-9-18-16-26-19-7-4-6-17(2)21(18)19)28-13-11-27(12-14-28)22(29)20-8-5-15-30-20/h4-8,15-16,26H,3,9-14H2,1-2H3,(H,24,25). The van der Waals surface area contributed by atoms with Gasteiger partial charge in [0.25, 0.3) is 5.91 Å². The molecule has 30 heavy (non-hydrogen) atoms. The van der Waals surface area contributed by atoms with Gasteiger partial charge >= 0.3 is 0 Å². The zero-order valence-corrected chi connectivity index (χ0v) is 17.6. The van der Waals surface area contributed by atoms with Crippen LogP contribution in [-0.4, -0.2) is 65.9 Å². The Balaban J connectivity index is 1.37. The number of furan rings is 1. The van der Waals surface area contributed by atoms with E-state index in [0.717, 1.165) is 38.6 Å². The predicted molar refractivity (Wildman–Crippen MR) is 119 cm³/mol. The van der Waals surface area contributed by atoms with Crippen LogP contribution in [0.3, 0.4) is 0 Å². The molecule has 0 radical (unpaired) electrons. The van der Waals surface area contributed by atoms with Crippen LogP contribution in [-0.2, 0) is 6.42 Å². The minimum atomic E-state index is -0.0451. The fourth-order valence-electron chi connectivity index (χ4n) is 4.03. The molecule has 1 aliphatic rings. The number of piperazine rings is 1. The van der Waals surface area contributed by atoms with E-state index in [-0.39, 0.29) is 5.91 Å². The van der Waals surface area contributed by atoms with Crippen LogP contribution in [0.1, 0.15) is 28.6 Å². The fraction of sp³-hybridized carbons (Fsp3) is 0.391. The Labute approximate surface area is 176 Å². The second-order valence-electron chi connectivity index (χ2n) is 7.55. The molecule has 0 spiro atoms. The number of nitrogens with one attached hydrogen (secondary N) is 2. The minimum Gasteiger partial charge on any atom is -0.459 e. The van der Waals surface area contributed by atoms with Gasteiger partial charge in [-0.25, -0.2) is 0 Å². The quantitative estimate of drug-likeness (QED) is 0.503. The van der Waals surface area contributed by atoms with Crippen molar-refractivity contribution >= 4 is 22.8 Å². The first-order valence-electron chi connectivity index (χ1n) is 10.6. The summed E-state index contributed by atoms with van der Waals surface area (Å²) in [7, 11) is 0. The van der Waals surface area contributed by atoms with Crippen molar-refractivity contribution in [3.05, 3.63) is 59.7 Å². The van der Waals surface area contributed by atoms with E-state index >= 15 is 0 Å². The van der Waals surface area contributed by atoms with Gasteiger partial charge in [-0.3, -0.25) is 9.79 Å². The fourth-order valence-corrected chi connectivity index (χ4v) is 4.03. The first-order chi connectivity index (χ1) is 14.7. The molecule has 4 rings (SSSR count). The molecule has 1 aromatic carbocycles. The summed E-state index contributed by atoms with van der Waals surface area (Å²) in [5, 5.41) is 4.71. The van der Waals surface area contributed by atoms with E-state index in [1.807, 2.05) is 4.90 Å². The lowest BCUT2D eigenvalue weighted by molar-refractivity contribution is 0.0657. The summed E-state index contributed by atoms with van der Waals surface area (Å²) in [6.45, 7) is 8.59. The number of aromatic nitrogens is 1. The number of guanidine groups is 1. The van der Waals surface area contributed by atoms with Gasteiger partial charge in [-0.05, 0) is 49.6 Å². The maximum absolute atomic E-state index is 12.5. The molecule has 1 fully saturated rings. The normalized spacial score (nSPS) is 15.1. The van der Waals surface area contributed by atoms with Gasteiger partial charge in [-0.1, -0.05) is 12.1 Å². The van der Waals surface area contributed by atoms with Crippen LogP contribution < -0.4 is 5.32 Å². The molecule has 3 aromatic rings. The monoisotopic (exact) mass is 407 g/mol. The average molecular weight is 408 g/mol. The molecule has 1 amide bonds. The van der Waals surface area contributed by atoms with Crippen LogP contribution in [0, 0.1) is 6.92 Å². The molecule has 0 unspecified atom stereocenters. The summed E-state index contributed by atoms with van der Waals surface area (Å²) in [4.78, 5) is 24.8. The van der Waals surface area contributed by atoms with Crippen molar-refractivity contribution in [1.82, 2.24) is 20.1 Å². The van der Waals surface area contributed by atoms with E-state index in [1.165, 1.54) is 28.3 Å². The third-order valence-corrected chi connectivity index (χ3v) is 5.57. The smallest absolute Gasteiger partial charge is 0.289 e. The number of hydrogen-bond acceptors (Lipinski definition) is 3. The Bertz CT molecular complexity index is 1010. The van der Waals surface area contributed by atoms with Gasteiger partial charge in [0.1, 0.15) is 0 Å². The highest BCUT2D eigenvalue weighted by atomic mass is 16.3. The predicted octanol–water partition coefficient (Wildman–Crippen LogP) is 3.04.